The van der Waals surface area contributed by atoms with Gasteiger partial charge in [0.15, 0.2) is 0 Å². The first kappa shape index (κ1) is 21.2. The van der Waals surface area contributed by atoms with Gasteiger partial charge in [-0.15, -0.1) is 12.4 Å². The highest BCUT2D eigenvalue weighted by atomic mass is 35.5. The SMILES string of the molecule is Cc1cc(C(F)(F)F)ccc1S(=O)(=O)N1CCCC(CCN)C1.Cl. The minimum atomic E-state index is -4.48. The average molecular weight is 387 g/mol. The topological polar surface area (TPSA) is 63.4 Å². The van der Waals surface area contributed by atoms with E-state index in [1.54, 1.807) is 0 Å². The highest BCUT2D eigenvalue weighted by Gasteiger charge is 2.34. The van der Waals surface area contributed by atoms with Crippen LogP contribution in [0.25, 0.3) is 0 Å². The zero-order valence-corrected chi connectivity index (χ0v) is 15.0. The third-order valence-electron chi connectivity index (χ3n) is 4.18. The van der Waals surface area contributed by atoms with Gasteiger partial charge in [0.1, 0.15) is 0 Å². The molecule has 1 aliphatic heterocycles. The van der Waals surface area contributed by atoms with Gasteiger partial charge in [-0.3, -0.25) is 0 Å². The van der Waals surface area contributed by atoms with Crippen molar-refractivity contribution >= 4 is 22.4 Å². The third kappa shape index (κ3) is 4.62. The van der Waals surface area contributed by atoms with Gasteiger partial charge in [0.25, 0.3) is 0 Å². The number of halogens is 4. The molecule has 1 saturated heterocycles. The fourth-order valence-corrected chi connectivity index (χ4v) is 4.73. The van der Waals surface area contributed by atoms with Crippen molar-refractivity contribution in [3.05, 3.63) is 29.3 Å². The Kier molecular flexibility index (Phi) is 7.10. The average Bonchev–Trinajstić information content (AvgIpc) is 2.46. The number of rotatable bonds is 4. The summed E-state index contributed by atoms with van der Waals surface area (Å²) in [7, 11) is -3.78. The van der Waals surface area contributed by atoms with Gasteiger partial charge in [-0.1, -0.05) is 0 Å². The molecule has 1 heterocycles. The normalized spacial score (nSPS) is 19.8. The molecule has 138 valence electrons. The molecule has 0 bridgehead atoms. The third-order valence-corrected chi connectivity index (χ3v) is 6.20. The van der Waals surface area contributed by atoms with Crippen molar-refractivity contribution in [1.82, 2.24) is 4.31 Å². The second-order valence-electron chi connectivity index (χ2n) is 5.93. The van der Waals surface area contributed by atoms with Gasteiger partial charge in [-0.2, -0.15) is 17.5 Å². The Morgan fingerprint density at radius 3 is 2.54 bits per heavy atom. The molecule has 2 rings (SSSR count). The molecular formula is C15H22ClF3N2O2S. The molecule has 1 aliphatic rings. The van der Waals surface area contributed by atoms with Gasteiger partial charge >= 0.3 is 6.18 Å². The highest BCUT2D eigenvalue weighted by molar-refractivity contribution is 7.89. The van der Waals surface area contributed by atoms with Crippen LogP contribution in [-0.4, -0.2) is 32.4 Å². The number of hydrogen-bond acceptors (Lipinski definition) is 3. The van der Waals surface area contributed by atoms with Crippen LogP contribution < -0.4 is 5.73 Å². The molecule has 1 fully saturated rings. The number of aryl methyl sites for hydroxylation is 1. The van der Waals surface area contributed by atoms with Gasteiger partial charge in [0.05, 0.1) is 10.5 Å². The summed E-state index contributed by atoms with van der Waals surface area (Å²) in [6.07, 6.45) is -2.07. The van der Waals surface area contributed by atoms with E-state index in [9.17, 15) is 21.6 Å². The highest BCUT2D eigenvalue weighted by Crippen LogP contribution is 2.33. The minimum absolute atomic E-state index is 0. The van der Waals surface area contributed by atoms with Gasteiger partial charge in [0, 0.05) is 13.1 Å². The Morgan fingerprint density at radius 1 is 1.33 bits per heavy atom. The lowest BCUT2D eigenvalue weighted by molar-refractivity contribution is -0.137. The smallest absolute Gasteiger partial charge is 0.330 e. The molecular weight excluding hydrogens is 365 g/mol. The first-order valence-electron chi connectivity index (χ1n) is 7.54. The lowest BCUT2D eigenvalue weighted by Gasteiger charge is -2.32. The van der Waals surface area contributed by atoms with E-state index in [4.69, 9.17) is 5.73 Å². The second-order valence-corrected chi connectivity index (χ2v) is 7.83. The molecule has 4 nitrogen and oxygen atoms in total. The van der Waals surface area contributed by atoms with Gasteiger partial charge in [-0.25, -0.2) is 8.42 Å². The summed E-state index contributed by atoms with van der Waals surface area (Å²) < 4.78 is 65.0. The summed E-state index contributed by atoms with van der Waals surface area (Å²) in [5, 5.41) is 0. The molecule has 2 N–H and O–H groups in total. The van der Waals surface area contributed by atoms with Gasteiger partial charge < -0.3 is 5.73 Å². The first-order valence-corrected chi connectivity index (χ1v) is 8.98. The van der Waals surface area contributed by atoms with E-state index < -0.39 is 21.8 Å². The van der Waals surface area contributed by atoms with Crippen LogP contribution in [0.5, 0.6) is 0 Å². The summed E-state index contributed by atoms with van der Waals surface area (Å²) >= 11 is 0. The second kappa shape index (κ2) is 8.03. The number of nitrogens with two attached hydrogens (primary N) is 1. The van der Waals surface area contributed by atoms with Crippen molar-refractivity contribution < 1.29 is 21.6 Å². The number of piperidine rings is 1. The van der Waals surface area contributed by atoms with E-state index in [0.29, 0.717) is 19.6 Å². The molecule has 1 aromatic rings. The molecule has 1 aromatic carbocycles. The Balaban J connectivity index is 0.00000288. The van der Waals surface area contributed by atoms with Crippen molar-refractivity contribution in [2.24, 2.45) is 11.7 Å². The number of nitrogens with zero attached hydrogens (tertiary/aromatic N) is 1. The zero-order valence-electron chi connectivity index (χ0n) is 13.3. The maximum atomic E-state index is 12.7. The van der Waals surface area contributed by atoms with Crippen LogP contribution >= 0.6 is 12.4 Å². The number of alkyl halides is 3. The number of sulfonamides is 1. The fraction of sp³-hybridized carbons (Fsp3) is 0.600. The Labute approximate surface area is 146 Å². The van der Waals surface area contributed by atoms with E-state index in [0.717, 1.165) is 37.5 Å². The van der Waals surface area contributed by atoms with Gasteiger partial charge in [0.2, 0.25) is 10.0 Å². The predicted molar refractivity (Wildman–Crippen MR) is 88.6 cm³/mol. The largest absolute Gasteiger partial charge is 0.416 e. The predicted octanol–water partition coefficient (Wildman–Crippen LogP) is 3.19. The van der Waals surface area contributed by atoms with E-state index in [2.05, 4.69) is 0 Å². The van der Waals surface area contributed by atoms with Crippen molar-refractivity contribution in [3.63, 3.8) is 0 Å². The first-order chi connectivity index (χ1) is 10.7. The molecule has 1 atom stereocenters. The van der Waals surface area contributed by atoms with Crippen LogP contribution in [0.2, 0.25) is 0 Å². The molecule has 1 unspecified atom stereocenters. The summed E-state index contributed by atoms with van der Waals surface area (Å²) in [5.41, 5.74) is 4.80. The molecule has 9 heteroatoms. The summed E-state index contributed by atoms with van der Waals surface area (Å²) in [6, 6.07) is 2.76. The Morgan fingerprint density at radius 2 is 2.00 bits per heavy atom. The standard InChI is InChI=1S/C15H21F3N2O2S.ClH/c1-11-9-13(15(16,17)18)4-5-14(11)23(21,22)20-8-2-3-12(10-20)6-7-19;/h4-5,9,12H,2-3,6-8,10,19H2,1H3;1H. The lowest BCUT2D eigenvalue weighted by atomic mass is 9.96. The van der Waals surface area contributed by atoms with Crippen molar-refractivity contribution in [2.75, 3.05) is 19.6 Å². The van der Waals surface area contributed by atoms with Crippen molar-refractivity contribution in [2.45, 2.75) is 37.3 Å². The van der Waals surface area contributed by atoms with E-state index >= 15 is 0 Å². The van der Waals surface area contributed by atoms with Crippen molar-refractivity contribution in [3.8, 4) is 0 Å². The van der Waals surface area contributed by atoms with Crippen LogP contribution in [0.3, 0.4) is 0 Å². The molecule has 0 saturated carbocycles. The van der Waals surface area contributed by atoms with Crippen LogP contribution in [-0.2, 0) is 16.2 Å². The molecule has 0 radical (unpaired) electrons. The van der Waals surface area contributed by atoms with Crippen LogP contribution in [0.1, 0.15) is 30.4 Å². The Bertz CT molecular complexity index is 663. The Hall–Kier alpha value is -0.830. The molecule has 0 aliphatic carbocycles. The minimum Gasteiger partial charge on any atom is -0.330 e. The monoisotopic (exact) mass is 386 g/mol. The van der Waals surface area contributed by atoms with E-state index in [1.807, 2.05) is 0 Å². The molecule has 0 aromatic heterocycles. The van der Waals surface area contributed by atoms with E-state index in [-0.39, 0.29) is 28.8 Å². The van der Waals surface area contributed by atoms with Crippen LogP contribution in [0.4, 0.5) is 13.2 Å². The molecule has 0 amide bonds. The maximum Gasteiger partial charge on any atom is 0.416 e. The number of hydrogen-bond donors (Lipinski definition) is 1. The maximum absolute atomic E-state index is 12.7. The fourth-order valence-electron chi connectivity index (χ4n) is 2.97. The van der Waals surface area contributed by atoms with Gasteiger partial charge in [-0.05, 0) is 62.4 Å². The quantitative estimate of drug-likeness (QED) is 0.864. The van der Waals surface area contributed by atoms with Crippen LogP contribution in [0, 0.1) is 12.8 Å². The van der Waals surface area contributed by atoms with E-state index in [1.165, 1.54) is 11.2 Å². The lowest BCUT2D eigenvalue weighted by Crippen LogP contribution is -2.40. The van der Waals surface area contributed by atoms with Crippen LogP contribution in [0.15, 0.2) is 23.1 Å². The molecule has 24 heavy (non-hydrogen) atoms. The summed E-state index contributed by atoms with van der Waals surface area (Å²) in [6.45, 7) is 2.66. The number of benzene rings is 1. The summed E-state index contributed by atoms with van der Waals surface area (Å²) in [4.78, 5) is -0.0566. The van der Waals surface area contributed by atoms with Crippen molar-refractivity contribution in [1.29, 1.82) is 0 Å². The summed E-state index contributed by atoms with van der Waals surface area (Å²) in [5.74, 6) is 0.207. The molecule has 0 spiro atoms. The zero-order chi connectivity index (χ0) is 17.3.